The van der Waals surface area contributed by atoms with Crippen molar-refractivity contribution in [2.24, 2.45) is 0 Å². The fourth-order valence-corrected chi connectivity index (χ4v) is 8.86. The van der Waals surface area contributed by atoms with Gasteiger partial charge in [0.15, 0.2) is 0 Å². The van der Waals surface area contributed by atoms with Gasteiger partial charge >= 0.3 is 0 Å². The number of benzene rings is 9. The van der Waals surface area contributed by atoms with Gasteiger partial charge in [-0.15, -0.1) is 11.3 Å². The number of para-hydroxylation sites is 1. The van der Waals surface area contributed by atoms with Crippen molar-refractivity contribution in [2.45, 2.75) is 0 Å². The first-order chi connectivity index (χ1) is 23.8. The summed E-state index contributed by atoms with van der Waals surface area (Å²) in [5.41, 5.74) is 5.90. The predicted molar refractivity (Wildman–Crippen MR) is 209 cm³/mol. The second-order valence-electron chi connectivity index (χ2n) is 12.5. The van der Waals surface area contributed by atoms with Gasteiger partial charge in [0.25, 0.3) is 0 Å². The lowest BCUT2D eigenvalue weighted by molar-refractivity contribution is 1.30. The molecule has 48 heavy (non-hydrogen) atoms. The van der Waals surface area contributed by atoms with Crippen molar-refractivity contribution in [2.75, 3.05) is 4.90 Å². The van der Waals surface area contributed by atoms with Crippen LogP contribution in [0, 0.1) is 0 Å². The van der Waals surface area contributed by atoms with Crippen LogP contribution in [0.3, 0.4) is 0 Å². The molecule has 0 aliphatic heterocycles. The average Bonchev–Trinajstić information content (AvgIpc) is 3.55. The maximum Gasteiger partial charge on any atom is 0.0540 e. The van der Waals surface area contributed by atoms with E-state index in [1.807, 2.05) is 11.3 Å². The molecule has 1 aromatic heterocycles. The highest BCUT2D eigenvalue weighted by Gasteiger charge is 2.18. The normalized spacial score (nSPS) is 11.8. The molecule has 0 aliphatic carbocycles. The molecule has 0 saturated carbocycles. The Kier molecular flexibility index (Phi) is 6.12. The third kappa shape index (κ3) is 4.17. The van der Waals surface area contributed by atoms with Gasteiger partial charge in [0, 0.05) is 42.3 Å². The lowest BCUT2D eigenvalue weighted by Crippen LogP contribution is -2.10. The summed E-state index contributed by atoms with van der Waals surface area (Å²) in [5.74, 6) is 0. The Labute approximate surface area is 282 Å². The molecule has 0 amide bonds. The summed E-state index contributed by atoms with van der Waals surface area (Å²) >= 11 is 1.89. The van der Waals surface area contributed by atoms with E-state index in [1.54, 1.807) is 0 Å². The van der Waals surface area contributed by atoms with E-state index < -0.39 is 0 Å². The van der Waals surface area contributed by atoms with Crippen molar-refractivity contribution in [3.05, 3.63) is 176 Å². The molecular weight excluding hydrogens is 599 g/mol. The first-order valence-electron chi connectivity index (χ1n) is 16.4. The standard InChI is InChI=1S/C46H29NS/c1-2-11-33(12-3-1)47(43-18-9-17-41-38(43)28-29-42-39-14-6-7-19-44(39)48-46(41)42)34-25-22-31(23-26-34)35-15-8-16-40-37(35)27-24-32-21-20-30-10-4-5-13-36(30)45(32)40/h1-29H. The maximum atomic E-state index is 2.40. The first-order valence-corrected chi connectivity index (χ1v) is 17.3. The van der Waals surface area contributed by atoms with Crippen molar-refractivity contribution in [3.8, 4) is 11.1 Å². The number of hydrogen-bond acceptors (Lipinski definition) is 2. The van der Waals surface area contributed by atoms with Gasteiger partial charge in [0.1, 0.15) is 0 Å². The Morgan fingerprint density at radius 3 is 1.88 bits per heavy atom. The molecule has 224 valence electrons. The van der Waals surface area contributed by atoms with Crippen molar-refractivity contribution in [3.63, 3.8) is 0 Å². The van der Waals surface area contributed by atoms with E-state index in [9.17, 15) is 0 Å². The smallest absolute Gasteiger partial charge is 0.0540 e. The van der Waals surface area contributed by atoms with E-state index >= 15 is 0 Å². The lowest BCUT2D eigenvalue weighted by atomic mass is 9.92. The van der Waals surface area contributed by atoms with Crippen LogP contribution in [0.5, 0.6) is 0 Å². The Morgan fingerprint density at radius 1 is 0.354 bits per heavy atom. The first kappa shape index (κ1) is 27.2. The summed E-state index contributed by atoms with van der Waals surface area (Å²) < 4.78 is 2.67. The number of rotatable bonds is 4. The van der Waals surface area contributed by atoms with E-state index in [1.165, 1.54) is 80.1 Å². The molecule has 1 heterocycles. The molecular formula is C46H29NS. The van der Waals surface area contributed by atoms with Gasteiger partial charge in [-0.2, -0.15) is 0 Å². The molecule has 2 heteroatoms. The minimum absolute atomic E-state index is 1.13. The topological polar surface area (TPSA) is 3.24 Å². The Morgan fingerprint density at radius 2 is 0.979 bits per heavy atom. The number of fused-ring (bicyclic) bond motifs is 10. The van der Waals surface area contributed by atoms with Crippen LogP contribution in [0.1, 0.15) is 0 Å². The third-order valence-electron chi connectivity index (χ3n) is 9.84. The zero-order valence-electron chi connectivity index (χ0n) is 26.1. The molecule has 0 N–H and O–H groups in total. The zero-order valence-corrected chi connectivity index (χ0v) is 26.9. The summed E-state index contributed by atoms with van der Waals surface area (Å²) in [6.45, 7) is 0. The van der Waals surface area contributed by atoms with Crippen LogP contribution in [0.15, 0.2) is 176 Å². The predicted octanol–water partition coefficient (Wildman–Crippen LogP) is 13.8. The fourth-order valence-electron chi connectivity index (χ4n) is 7.63. The van der Waals surface area contributed by atoms with Crippen LogP contribution in [0.25, 0.3) is 74.4 Å². The van der Waals surface area contributed by atoms with E-state index in [0.29, 0.717) is 0 Å². The SMILES string of the molecule is c1ccc(N(c2ccc(-c3cccc4c3ccc3ccc5ccccc5c34)cc2)c2cccc3c2ccc2c4ccccc4sc32)cc1. The Hall–Kier alpha value is -5.96. The van der Waals surface area contributed by atoms with Gasteiger partial charge in [0.05, 0.1) is 5.69 Å². The summed E-state index contributed by atoms with van der Waals surface area (Å²) in [6, 6.07) is 64.4. The third-order valence-corrected chi connectivity index (χ3v) is 11.1. The number of hydrogen-bond donors (Lipinski definition) is 0. The summed E-state index contributed by atoms with van der Waals surface area (Å²) in [7, 11) is 0. The van der Waals surface area contributed by atoms with Gasteiger partial charge in [-0.3, -0.25) is 0 Å². The summed E-state index contributed by atoms with van der Waals surface area (Å²) in [4.78, 5) is 2.40. The highest BCUT2D eigenvalue weighted by atomic mass is 32.1. The van der Waals surface area contributed by atoms with Crippen molar-refractivity contribution >= 4 is 91.7 Å². The molecule has 10 rings (SSSR count). The van der Waals surface area contributed by atoms with Gasteiger partial charge in [-0.1, -0.05) is 140 Å². The molecule has 0 saturated heterocycles. The molecule has 0 unspecified atom stereocenters. The molecule has 0 radical (unpaired) electrons. The monoisotopic (exact) mass is 627 g/mol. The molecule has 9 aromatic carbocycles. The minimum Gasteiger partial charge on any atom is -0.310 e. The average molecular weight is 628 g/mol. The van der Waals surface area contributed by atoms with E-state index in [-0.39, 0.29) is 0 Å². The number of nitrogens with zero attached hydrogens (tertiary/aromatic N) is 1. The van der Waals surface area contributed by atoms with Crippen LogP contribution in [-0.2, 0) is 0 Å². The maximum absolute atomic E-state index is 2.40. The van der Waals surface area contributed by atoms with E-state index in [2.05, 4.69) is 181 Å². The quantitative estimate of drug-likeness (QED) is 0.176. The second kappa shape index (κ2) is 10.8. The van der Waals surface area contributed by atoms with Crippen molar-refractivity contribution < 1.29 is 0 Å². The van der Waals surface area contributed by atoms with Crippen molar-refractivity contribution in [1.82, 2.24) is 0 Å². The van der Waals surface area contributed by atoms with Crippen LogP contribution in [0.2, 0.25) is 0 Å². The molecule has 10 aromatic rings. The van der Waals surface area contributed by atoms with E-state index in [4.69, 9.17) is 0 Å². The van der Waals surface area contributed by atoms with Gasteiger partial charge in [0.2, 0.25) is 0 Å². The largest absolute Gasteiger partial charge is 0.310 e. The second-order valence-corrected chi connectivity index (χ2v) is 13.5. The molecule has 0 atom stereocenters. The highest BCUT2D eigenvalue weighted by molar-refractivity contribution is 7.26. The van der Waals surface area contributed by atoms with Crippen molar-refractivity contribution in [1.29, 1.82) is 0 Å². The fraction of sp³-hybridized carbons (Fsp3) is 0. The number of anilines is 3. The minimum atomic E-state index is 1.13. The molecule has 0 spiro atoms. The molecule has 0 aliphatic rings. The van der Waals surface area contributed by atoms with Gasteiger partial charge in [-0.25, -0.2) is 0 Å². The summed E-state index contributed by atoms with van der Waals surface area (Å²) in [5, 5.41) is 12.9. The molecule has 0 bridgehead atoms. The van der Waals surface area contributed by atoms with Gasteiger partial charge < -0.3 is 4.90 Å². The van der Waals surface area contributed by atoms with Gasteiger partial charge in [-0.05, 0) is 79.8 Å². The number of thiophene rings is 1. The zero-order chi connectivity index (χ0) is 31.6. The molecule has 1 nitrogen and oxygen atoms in total. The Balaban J connectivity index is 1.13. The summed E-state index contributed by atoms with van der Waals surface area (Å²) in [6.07, 6.45) is 0. The van der Waals surface area contributed by atoms with Crippen LogP contribution < -0.4 is 4.90 Å². The molecule has 0 fully saturated rings. The van der Waals surface area contributed by atoms with E-state index in [0.717, 1.165) is 11.4 Å². The van der Waals surface area contributed by atoms with Crippen LogP contribution >= 0.6 is 11.3 Å². The van der Waals surface area contributed by atoms with Crippen LogP contribution in [0.4, 0.5) is 17.1 Å². The van der Waals surface area contributed by atoms with Crippen LogP contribution in [-0.4, -0.2) is 0 Å². The Bertz CT molecular complexity index is 2830. The lowest BCUT2D eigenvalue weighted by Gasteiger charge is -2.27. The highest BCUT2D eigenvalue weighted by Crippen LogP contribution is 2.45.